The van der Waals surface area contributed by atoms with Crippen LogP contribution in [0.25, 0.3) is 10.9 Å². The van der Waals surface area contributed by atoms with E-state index >= 15 is 0 Å². The third kappa shape index (κ3) is 2.43. The van der Waals surface area contributed by atoms with Gasteiger partial charge in [-0.15, -0.1) is 0 Å². The number of nitrogens with two attached hydrogens (primary N) is 1. The van der Waals surface area contributed by atoms with Gasteiger partial charge in [-0.1, -0.05) is 6.92 Å². The SMILES string of the molecule is CCCN1CCN(c2ccc(N)c3ncccc23)CC1. The van der Waals surface area contributed by atoms with Gasteiger partial charge in [0.15, 0.2) is 0 Å². The lowest BCUT2D eigenvalue weighted by atomic mass is 10.1. The number of anilines is 2. The molecule has 0 bridgehead atoms. The van der Waals surface area contributed by atoms with Crippen LogP contribution in [0.5, 0.6) is 0 Å². The van der Waals surface area contributed by atoms with Crippen molar-refractivity contribution in [3.8, 4) is 0 Å². The maximum atomic E-state index is 6.03. The van der Waals surface area contributed by atoms with Gasteiger partial charge >= 0.3 is 0 Å². The standard InChI is InChI=1S/C16H22N4/c1-2-8-19-9-11-20(12-10-19)15-6-5-14(17)16-13(15)4-3-7-18-16/h3-7H,2,8-12,17H2,1H3. The van der Waals surface area contributed by atoms with Gasteiger partial charge in [0, 0.05) is 43.4 Å². The quantitative estimate of drug-likeness (QED) is 0.870. The topological polar surface area (TPSA) is 45.4 Å². The molecule has 3 rings (SSSR count). The third-order valence-electron chi connectivity index (χ3n) is 4.03. The normalized spacial score (nSPS) is 16.8. The summed E-state index contributed by atoms with van der Waals surface area (Å²) in [6.45, 7) is 7.88. The number of rotatable bonds is 3. The Morgan fingerprint density at radius 2 is 1.95 bits per heavy atom. The molecular weight excluding hydrogens is 248 g/mol. The number of aromatic nitrogens is 1. The van der Waals surface area contributed by atoms with E-state index in [1.807, 2.05) is 18.3 Å². The first-order valence-electron chi connectivity index (χ1n) is 7.40. The number of piperazine rings is 1. The van der Waals surface area contributed by atoms with Crippen molar-refractivity contribution in [2.75, 3.05) is 43.4 Å². The summed E-state index contributed by atoms with van der Waals surface area (Å²) in [5.41, 5.74) is 8.97. The minimum atomic E-state index is 0.758. The molecule has 20 heavy (non-hydrogen) atoms. The highest BCUT2D eigenvalue weighted by Gasteiger charge is 2.18. The van der Waals surface area contributed by atoms with Crippen molar-refractivity contribution in [1.29, 1.82) is 0 Å². The van der Waals surface area contributed by atoms with Crippen LogP contribution in [-0.4, -0.2) is 42.6 Å². The Morgan fingerprint density at radius 1 is 1.15 bits per heavy atom. The van der Waals surface area contributed by atoms with Crippen LogP contribution in [0.4, 0.5) is 11.4 Å². The molecule has 4 heteroatoms. The largest absolute Gasteiger partial charge is 0.397 e. The number of nitrogens with zero attached hydrogens (tertiary/aromatic N) is 3. The van der Waals surface area contributed by atoms with Gasteiger partial charge in [-0.05, 0) is 37.2 Å². The van der Waals surface area contributed by atoms with E-state index in [-0.39, 0.29) is 0 Å². The van der Waals surface area contributed by atoms with Crippen molar-refractivity contribution in [3.63, 3.8) is 0 Å². The van der Waals surface area contributed by atoms with Gasteiger partial charge in [0.05, 0.1) is 11.2 Å². The van der Waals surface area contributed by atoms with E-state index in [0.717, 1.165) is 42.8 Å². The van der Waals surface area contributed by atoms with Crippen LogP contribution < -0.4 is 10.6 Å². The van der Waals surface area contributed by atoms with Gasteiger partial charge in [0.2, 0.25) is 0 Å². The molecule has 0 unspecified atom stereocenters. The fourth-order valence-electron chi connectivity index (χ4n) is 2.98. The molecule has 0 atom stereocenters. The first kappa shape index (κ1) is 13.2. The third-order valence-corrected chi connectivity index (χ3v) is 4.03. The molecule has 1 saturated heterocycles. The Bertz CT molecular complexity index is 588. The summed E-state index contributed by atoms with van der Waals surface area (Å²) in [4.78, 5) is 9.41. The molecule has 0 amide bonds. The van der Waals surface area contributed by atoms with Crippen LogP contribution in [0.15, 0.2) is 30.5 Å². The smallest absolute Gasteiger partial charge is 0.0951 e. The Morgan fingerprint density at radius 3 is 2.70 bits per heavy atom. The Balaban J connectivity index is 1.87. The van der Waals surface area contributed by atoms with Gasteiger partial charge in [-0.2, -0.15) is 0 Å². The summed E-state index contributed by atoms with van der Waals surface area (Å²) >= 11 is 0. The molecule has 2 N–H and O–H groups in total. The van der Waals surface area contributed by atoms with Crippen molar-refractivity contribution in [2.45, 2.75) is 13.3 Å². The second-order valence-electron chi connectivity index (χ2n) is 5.40. The van der Waals surface area contributed by atoms with Crippen molar-refractivity contribution in [3.05, 3.63) is 30.5 Å². The second-order valence-corrected chi connectivity index (χ2v) is 5.40. The molecule has 2 heterocycles. The van der Waals surface area contributed by atoms with Crippen molar-refractivity contribution in [2.24, 2.45) is 0 Å². The maximum absolute atomic E-state index is 6.03. The van der Waals surface area contributed by atoms with Crippen LogP contribution in [0, 0.1) is 0 Å². The zero-order chi connectivity index (χ0) is 13.9. The van der Waals surface area contributed by atoms with Gasteiger partial charge < -0.3 is 10.6 Å². The molecule has 1 aromatic heterocycles. The van der Waals surface area contributed by atoms with Crippen molar-refractivity contribution < 1.29 is 0 Å². The molecule has 1 aromatic carbocycles. The Hall–Kier alpha value is -1.81. The molecule has 0 radical (unpaired) electrons. The van der Waals surface area contributed by atoms with E-state index in [2.05, 4.69) is 33.8 Å². The van der Waals surface area contributed by atoms with E-state index in [0.29, 0.717) is 0 Å². The van der Waals surface area contributed by atoms with Crippen LogP contribution in [-0.2, 0) is 0 Å². The molecular formula is C16H22N4. The van der Waals surface area contributed by atoms with Crippen molar-refractivity contribution in [1.82, 2.24) is 9.88 Å². The van der Waals surface area contributed by atoms with Crippen LogP contribution in [0.3, 0.4) is 0 Å². The average Bonchev–Trinajstić information content (AvgIpc) is 2.49. The number of hydrogen-bond acceptors (Lipinski definition) is 4. The van der Waals surface area contributed by atoms with E-state index < -0.39 is 0 Å². The lowest BCUT2D eigenvalue weighted by molar-refractivity contribution is 0.258. The molecule has 0 saturated carbocycles. The predicted molar refractivity (Wildman–Crippen MR) is 85.1 cm³/mol. The summed E-state index contributed by atoms with van der Waals surface area (Å²) in [7, 11) is 0. The zero-order valence-corrected chi connectivity index (χ0v) is 12.0. The first-order valence-corrected chi connectivity index (χ1v) is 7.40. The molecule has 1 fully saturated rings. The monoisotopic (exact) mass is 270 g/mol. The summed E-state index contributed by atoms with van der Waals surface area (Å²) < 4.78 is 0. The summed E-state index contributed by atoms with van der Waals surface area (Å²) in [5, 5.41) is 1.16. The minimum Gasteiger partial charge on any atom is -0.397 e. The lowest BCUT2D eigenvalue weighted by Gasteiger charge is -2.36. The molecule has 1 aliphatic rings. The second kappa shape index (κ2) is 5.67. The highest BCUT2D eigenvalue weighted by molar-refractivity contribution is 5.98. The molecule has 0 aliphatic carbocycles. The van der Waals surface area contributed by atoms with Crippen LogP contribution in [0.2, 0.25) is 0 Å². The van der Waals surface area contributed by atoms with Gasteiger partial charge in [-0.25, -0.2) is 0 Å². The minimum absolute atomic E-state index is 0.758. The average molecular weight is 270 g/mol. The van der Waals surface area contributed by atoms with E-state index in [4.69, 9.17) is 5.73 Å². The predicted octanol–water partition coefficient (Wildman–Crippen LogP) is 2.35. The van der Waals surface area contributed by atoms with Crippen molar-refractivity contribution >= 4 is 22.3 Å². The highest BCUT2D eigenvalue weighted by Crippen LogP contribution is 2.29. The molecule has 2 aromatic rings. The van der Waals surface area contributed by atoms with E-state index in [1.165, 1.54) is 18.7 Å². The van der Waals surface area contributed by atoms with E-state index in [1.54, 1.807) is 0 Å². The molecule has 4 nitrogen and oxygen atoms in total. The van der Waals surface area contributed by atoms with Gasteiger partial charge in [0.1, 0.15) is 0 Å². The number of nitrogen functional groups attached to an aromatic ring is 1. The highest BCUT2D eigenvalue weighted by atomic mass is 15.3. The van der Waals surface area contributed by atoms with Gasteiger partial charge in [0.25, 0.3) is 0 Å². The number of pyridine rings is 1. The van der Waals surface area contributed by atoms with Crippen LogP contribution >= 0.6 is 0 Å². The molecule has 106 valence electrons. The summed E-state index contributed by atoms with van der Waals surface area (Å²) in [5.74, 6) is 0. The molecule has 1 aliphatic heterocycles. The van der Waals surface area contributed by atoms with Gasteiger partial charge in [-0.3, -0.25) is 9.88 Å². The Labute approximate surface area is 120 Å². The summed E-state index contributed by atoms with van der Waals surface area (Å²) in [6, 6.07) is 8.21. The molecule has 0 spiro atoms. The number of benzene rings is 1. The lowest BCUT2D eigenvalue weighted by Crippen LogP contribution is -2.46. The fourth-order valence-corrected chi connectivity index (χ4v) is 2.98. The Kier molecular flexibility index (Phi) is 3.74. The van der Waals surface area contributed by atoms with Crippen LogP contribution in [0.1, 0.15) is 13.3 Å². The summed E-state index contributed by atoms with van der Waals surface area (Å²) in [6.07, 6.45) is 3.04. The van der Waals surface area contributed by atoms with E-state index in [9.17, 15) is 0 Å². The number of hydrogen-bond donors (Lipinski definition) is 1. The zero-order valence-electron chi connectivity index (χ0n) is 12.0. The first-order chi connectivity index (χ1) is 9.79. The number of fused-ring (bicyclic) bond motifs is 1. The maximum Gasteiger partial charge on any atom is 0.0951 e. The fraction of sp³-hybridized carbons (Fsp3) is 0.438.